The van der Waals surface area contributed by atoms with Gasteiger partial charge in [0.25, 0.3) is 5.91 Å². The number of rotatable bonds is 3. The molecule has 1 aliphatic carbocycles. The first-order valence-electron chi connectivity index (χ1n) is 7.80. The summed E-state index contributed by atoms with van der Waals surface area (Å²) in [6.07, 6.45) is 7.68. The van der Waals surface area contributed by atoms with Crippen molar-refractivity contribution in [3.63, 3.8) is 0 Å². The molecule has 0 unspecified atom stereocenters. The lowest BCUT2D eigenvalue weighted by molar-refractivity contribution is 0.0696. The first-order valence-corrected chi connectivity index (χ1v) is 8.68. The van der Waals surface area contributed by atoms with Crippen LogP contribution in [0.25, 0.3) is 10.6 Å². The molecule has 1 fully saturated rings. The third-order valence-corrected chi connectivity index (χ3v) is 5.38. The van der Waals surface area contributed by atoms with Gasteiger partial charge in [0.2, 0.25) is 0 Å². The van der Waals surface area contributed by atoms with Crippen molar-refractivity contribution in [2.45, 2.75) is 45.1 Å². The van der Waals surface area contributed by atoms with Gasteiger partial charge in [0.1, 0.15) is 0 Å². The third-order valence-electron chi connectivity index (χ3n) is 4.43. The lowest BCUT2D eigenvalue weighted by Gasteiger charge is -2.31. The van der Waals surface area contributed by atoms with Crippen LogP contribution < -0.4 is 0 Å². The van der Waals surface area contributed by atoms with Crippen LogP contribution >= 0.6 is 11.3 Å². The van der Waals surface area contributed by atoms with Crippen molar-refractivity contribution in [3.05, 3.63) is 35.1 Å². The normalized spacial score (nSPS) is 15.7. The van der Waals surface area contributed by atoms with Crippen LogP contribution in [0, 0.1) is 6.92 Å². The van der Waals surface area contributed by atoms with Crippen LogP contribution in [0.1, 0.15) is 48.2 Å². The summed E-state index contributed by atoms with van der Waals surface area (Å²) in [6.45, 7) is 1.98. The zero-order valence-corrected chi connectivity index (χ0v) is 13.9. The Hall–Kier alpha value is -1.75. The molecule has 1 saturated carbocycles. The molecule has 0 aromatic carbocycles. The SMILES string of the molecule is Cc1ncsc1-c1ccc(C(=O)N(C)C2CCCCC2)cn1. The number of nitrogens with zero attached hydrogens (tertiary/aromatic N) is 3. The third kappa shape index (κ3) is 3.04. The first kappa shape index (κ1) is 15.2. The summed E-state index contributed by atoms with van der Waals surface area (Å²) >= 11 is 1.58. The lowest BCUT2D eigenvalue weighted by Crippen LogP contribution is -2.38. The van der Waals surface area contributed by atoms with E-state index in [-0.39, 0.29) is 5.91 Å². The summed E-state index contributed by atoms with van der Waals surface area (Å²) in [4.78, 5) is 24.2. The number of pyridine rings is 1. The number of aryl methyl sites for hydroxylation is 1. The average molecular weight is 315 g/mol. The minimum absolute atomic E-state index is 0.0759. The second-order valence-electron chi connectivity index (χ2n) is 5.91. The Balaban J connectivity index is 1.74. The fraction of sp³-hybridized carbons (Fsp3) is 0.471. The van der Waals surface area contributed by atoms with E-state index < -0.39 is 0 Å². The molecule has 5 heteroatoms. The Morgan fingerprint density at radius 1 is 1.23 bits per heavy atom. The van der Waals surface area contributed by atoms with E-state index in [2.05, 4.69) is 9.97 Å². The molecule has 0 atom stereocenters. The molecule has 1 aliphatic rings. The molecule has 1 amide bonds. The van der Waals surface area contributed by atoms with Crippen molar-refractivity contribution in [3.8, 4) is 10.6 Å². The summed E-state index contributed by atoms with van der Waals surface area (Å²) < 4.78 is 0. The van der Waals surface area contributed by atoms with Crippen LogP contribution in [-0.4, -0.2) is 33.9 Å². The molecule has 0 saturated heterocycles. The maximum Gasteiger partial charge on any atom is 0.255 e. The van der Waals surface area contributed by atoms with Crippen LogP contribution in [0.3, 0.4) is 0 Å². The Kier molecular flexibility index (Phi) is 4.52. The minimum atomic E-state index is 0.0759. The van der Waals surface area contributed by atoms with Gasteiger partial charge in [-0.2, -0.15) is 0 Å². The van der Waals surface area contributed by atoms with Crippen LogP contribution in [-0.2, 0) is 0 Å². The monoisotopic (exact) mass is 315 g/mol. The van der Waals surface area contributed by atoms with Gasteiger partial charge >= 0.3 is 0 Å². The van der Waals surface area contributed by atoms with E-state index >= 15 is 0 Å². The van der Waals surface area contributed by atoms with Crippen LogP contribution in [0.2, 0.25) is 0 Å². The second-order valence-corrected chi connectivity index (χ2v) is 6.76. The van der Waals surface area contributed by atoms with Crippen LogP contribution in [0.5, 0.6) is 0 Å². The largest absolute Gasteiger partial charge is 0.339 e. The quantitative estimate of drug-likeness (QED) is 0.862. The van der Waals surface area contributed by atoms with Crippen molar-refractivity contribution in [2.75, 3.05) is 7.05 Å². The molecular formula is C17H21N3OS. The number of hydrogen-bond acceptors (Lipinski definition) is 4. The zero-order chi connectivity index (χ0) is 15.5. The van der Waals surface area contributed by atoms with E-state index in [0.29, 0.717) is 11.6 Å². The molecule has 3 rings (SSSR count). The molecule has 0 spiro atoms. The smallest absolute Gasteiger partial charge is 0.255 e. The van der Waals surface area contributed by atoms with Crippen LogP contribution in [0.4, 0.5) is 0 Å². The number of hydrogen-bond donors (Lipinski definition) is 0. The molecular weight excluding hydrogens is 294 g/mol. The van der Waals surface area contributed by atoms with Crippen molar-refractivity contribution in [2.24, 2.45) is 0 Å². The Morgan fingerprint density at radius 2 is 2.00 bits per heavy atom. The highest BCUT2D eigenvalue weighted by Gasteiger charge is 2.23. The number of amides is 1. The summed E-state index contributed by atoms with van der Waals surface area (Å²) in [5.41, 5.74) is 4.36. The van der Waals surface area contributed by atoms with Gasteiger partial charge in [-0.15, -0.1) is 11.3 Å². The highest BCUT2D eigenvalue weighted by Crippen LogP contribution is 2.26. The summed E-state index contributed by atoms with van der Waals surface area (Å²) in [6, 6.07) is 4.18. The van der Waals surface area contributed by atoms with Gasteiger partial charge < -0.3 is 4.90 Å². The molecule has 2 heterocycles. The van der Waals surface area contributed by atoms with Crippen molar-refractivity contribution in [1.82, 2.24) is 14.9 Å². The standard InChI is InChI=1S/C17H21N3OS/c1-12-16(22-11-19-12)15-9-8-13(10-18-15)17(21)20(2)14-6-4-3-5-7-14/h8-11,14H,3-7H2,1-2H3. The van der Waals surface area contributed by atoms with E-state index in [1.54, 1.807) is 17.5 Å². The topological polar surface area (TPSA) is 46.1 Å². The fourth-order valence-electron chi connectivity index (χ4n) is 3.04. The minimum Gasteiger partial charge on any atom is -0.339 e. The zero-order valence-electron chi connectivity index (χ0n) is 13.1. The van der Waals surface area contributed by atoms with Gasteiger partial charge in [-0.1, -0.05) is 19.3 Å². The van der Waals surface area contributed by atoms with E-state index in [1.807, 2.05) is 36.5 Å². The fourth-order valence-corrected chi connectivity index (χ4v) is 3.82. The lowest BCUT2D eigenvalue weighted by atomic mass is 9.94. The first-order chi connectivity index (χ1) is 10.7. The number of aromatic nitrogens is 2. The highest BCUT2D eigenvalue weighted by molar-refractivity contribution is 7.13. The summed E-state index contributed by atoms with van der Waals surface area (Å²) in [5, 5.41) is 0. The number of thiazole rings is 1. The molecule has 22 heavy (non-hydrogen) atoms. The number of carbonyl (C=O) groups excluding carboxylic acids is 1. The van der Waals surface area contributed by atoms with Gasteiger partial charge in [-0.25, -0.2) is 4.98 Å². The van der Waals surface area contributed by atoms with E-state index in [4.69, 9.17) is 0 Å². The van der Waals surface area contributed by atoms with E-state index in [0.717, 1.165) is 29.1 Å². The molecule has 0 bridgehead atoms. The van der Waals surface area contributed by atoms with Crippen molar-refractivity contribution in [1.29, 1.82) is 0 Å². The maximum absolute atomic E-state index is 12.6. The van der Waals surface area contributed by atoms with Crippen LogP contribution in [0.15, 0.2) is 23.8 Å². The Labute approximate surface area is 135 Å². The molecule has 2 aromatic heterocycles. The van der Waals surface area contributed by atoms with E-state index in [9.17, 15) is 4.79 Å². The summed E-state index contributed by atoms with van der Waals surface area (Å²) in [7, 11) is 1.92. The van der Waals surface area contributed by atoms with E-state index in [1.165, 1.54) is 19.3 Å². The molecule has 116 valence electrons. The number of carbonyl (C=O) groups is 1. The molecule has 4 nitrogen and oxygen atoms in total. The molecule has 2 aromatic rings. The average Bonchev–Trinajstić information content (AvgIpc) is 3.00. The van der Waals surface area contributed by atoms with Gasteiger partial charge in [0.15, 0.2) is 0 Å². The Morgan fingerprint density at radius 3 is 2.59 bits per heavy atom. The predicted octanol–water partition coefficient (Wildman–Crippen LogP) is 3.92. The van der Waals surface area contributed by atoms with Gasteiger partial charge in [0, 0.05) is 19.3 Å². The molecule has 0 aliphatic heterocycles. The van der Waals surface area contributed by atoms with Gasteiger partial charge in [0.05, 0.1) is 27.3 Å². The summed E-state index contributed by atoms with van der Waals surface area (Å²) in [5.74, 6) is 0.0759. The maximum atomic E-state index is 12.6. The molecule has 0 radical (unpaired) electrons. The Bertz CT molecular complexity index is 644. The van der Waals surface area contributed by atoms with Gasteiger partial charge in [-0.05, 0) is 31.9 Å². The highest BCUT2D eigenvalue weighted by atomic mass is 32.1. The van der Waals surface area contributed by atoms with Gasteiger partial charge in [-0.3, -0.25) is 9.78 Å². The molecule has 0 N–H and O–H groups in total. The second kappa shape index (κ2) is 6.57. The van der Waals surface area contributed by atoms with Crippen molar-refractivity contribution >= 4 is 17.2 Å². The predicted molar refractivity (Wildman–Crippen MR) is 89.0 cm³/mol. The van der Waals surface area contributed by atoms with Crippen molar-refractivity contribution < 1.29 is 4.79 Å².